The number of halogens is 6. The Morgan fingerprint density at radius 3 is 0.960 bits per heavy atom. The lowest BCUT2D eigenvalue weighted by atomic mass is 10.3. The summed E-state index contributed by atoms with van der Waals surface area (Å²) in [4.78, 5) is 0. The van der Waals surface area contributed by atoms with E-state index in [-0.39, 0.29) is 15.9 Å². The summed E-state index contributed by atoms with van der Waals surface area (Å²) < 4.78 is 82.4. The van der Waals surface area contributed by atoms with Gasteiger partial charge in [0.2, 0.25) is 0 Å². The Morgan fingerprint density at radius 2 is 0.720 bits per heavy atom. The predicted molar refractivity (Wildman–Crippen MR) is 84.9 cm³/mol. The van der Waals surface area contributed by atoms with Gasteiger partial charge in [0.1, 0.15) is 34.9 Å². The van der Waals surface area contributed by atoms with Gasteiger partial charge >= 0.3 is 0 Å². The van der Waals surface area contributed by atoms with E-state index in [4.69, 9.17) is 0 Å². The highest BCUT2D eigenvalue weighted by molar-refractivity contribution is 7.79. The molecule has 3 aromatic rings. The Morgan fingerprint density at radius 1 is 0.440 bits per heavy atom. The third-order valence-electron chi connectivity index (χ3n) is 3.45. The molecule has 0 nitrogen and oxygen atoms in total. The summed E-state index contributed by atoms with van der Waals surface area (Å²) in [6, 6.07) is 7.85. The van der Waals surface area contributed by atoms with Crippen molar-refractivity contribution in [2.75, 3.05) is 0 Å². The van der Waals surface area contributed by atoms with E-state index >= 15 is 0 Å². The van der Waals surface area contributed by atoms with Crippen LogP contribution in [0, 0.1) is 34.9 Å². The van der Waals surface area contributed by atoms with Gasteiger partial charge in [-0.1, -0.05) is 0 Å². The van der Waals surface area contributed by atoms with Gasteiger partial charge in [-0.25, -0.2) is 26.3 Å². The molecule has 0 N–H and O–H groups in total. The van der Waals surface area contributed by atoms with Crippen LogP contribution >= 0.6 is 7.92 Å². The van der Waals surface area contributed by atoms with Crippen LogP contribution in [0.15, 0.2) is 54.6 Å². The van der Waals surface area contributed by atoms with Crippen LogP contribution in [0.2, 0.25) is 0 Å². The lowest BCUT2D eigenvalue weighted by Gasteiger charge is -2.21. The summed E-state index contributed by atoms with van der Waals surface area (Å²) in [5.41, 5.74) is 0. The monoisotopic (exact) mass is 370 g/mol. The fourth-order valence-corrected chi connectivity index (χ4v) is 4.66. The van der Waals surface area contributed by atoms with Crippen LogP contribution in [-0.4, -0.2) is 0 Å². The van der Waals surface area contributed by atoms with E-state index in [9.17, 15) is 26.3 Å². The van der Waals surface area contributed by atoms with E-state index < -0.39 is 42.8 Å². The molecule has 0 bridgehead atoms. The van der Waals surface area contributed by atoms with Gasteiger partial charge in [-0.2, -0.15) is 0 Å². The van der Waals surface area contributed by atoms with E-state index in [2.05, 4.69) is 0 Å². The molecule has 0 aliphatic carbocycles. The average Bonchev–Trinajstić information content (AvgIpc) is 2.52. The summed E-state index contributed by atoms with van der Waals surface area (Å²) in [7, 11) is -2.17. The van der Waals surface area contributed by atoms with E-state index in [0.29, 0.717) is 18.2 Å². The molecular formula is C18H9F6P. The highest BCUT2D eigenvalue weighted by Crippen LogP contribution is 2.36. The zero-order valence-corrected chi connectivity index (χ0v) is 13.3. The molecule has 0 amide bonds. The molecule has 0 radical (unpaired) electrons. The van der Waals surface area contributed by atoms with E-state index in [1.165, 1.54) is 0 Å². The minimum Gasteiger partial charge on any atom is -0.207 e. The highest BCUT2D eigenvalue weighted by atomic mass is 31.1. The molecule has 0 heterocycles. The van der Waals surface area contributed by atoms with Crippen molar-refractivity contribution in [1.29, 1.82) is 0 Å². The first-order chi connectivity index (χ1) is 11.9. The van der Waals surface area contributed by atoms with Crippen LogP contribution in [-0.2, 0) is 0 Å². The van der Waals surface area contributed by atoms with Gasteiger partial charge in [-0.15, -0.1) is 0 Å². The van der Waals surface area contributed by atoms with Crippen molar-refractivity contribution in [2.45, 2.75) is 0 Å². The van der Waals surface area contributed by atoms with Gasteiger partial charge in [-0.3, -0.25) is 0 Å². The molecule has 128 valence electrons. The normalized spacial score (nSPS) is 11.2. The van der Waals surface area contributed by atoms with Gasteiger partial charge in [0.25, 0.3) is 0 Å². The second-order valence-corrected chi connectivity index (χ2v) is 7.24. The van der Waals surface area contributed by atoms with E-state index in [0.717, 1.165) is 36.4 Å². The Labute approximate surface area is 140 Å². The Bertz CT molecular complexity index is 818. The van der Waals surface area contributed by atoms with Crippen molar-refractivity contribution in [3.63, 3.8) is 0 Å². The molecule has 0 fully saturated rings. The van der Waals surface area contributed by atoms with Crippen LogP contribution in [0.4, 0.5) is 26.3 Å². The lowest BCUT2D eigenvalue weighted by molar-refractivity contribution is 0.587. The van der Waals surface area contributed by atoms with Crippen molar-refractivity contribution in [2.24, 2.45) is 0 Å². The van der Waals surface area contributed by atoms with E-state index in [1.807, 2.05) is 0 Å². The van der Waals surface area contributed by atoms with Crippen LogP contribution < -0.4 is 15.9 Å². The molecule has 0 aliphatic heterocycles. The molecule has 0 atom stereocenters. The van der Waals surface area contributed by atoms with Crippen molar-refractivity contribution in [1.82, 2.24) is 0 Å². The van der Waals surface area contributed by atoms with Crippen molar-refractivity contribution in [3.8, 4) is 0 Å². The molecule has 0 saturated heterocycles. The van der Waals surface area contributed by atoms with Crippen LogP contribution in [0.1, 0.15) is 0 Å². The highest BCUT2D eigenvalue weighted by Gasteiger charge is 2.26. The number of hydrogen-bond donors (Lipinski definition) is 0. The number of benzene rings is 3. The maximum atomic E-state index is 14.3. The van der Waals surface area contributed by atoms with Gasteiger partial charge < -0.3 is 0 Å². The smallest absolute Gasteiger partial charge is 0.134 e. The van der Waals surface area contributed by atoms with Crippen LogP contribution in [0.3, 0.4) is 0 Å². The summed E-state index contributed by atoms with van der Waals surface area (Å²) in [6.45, 7) is 0. The molecule has 3 aromatic carbocycles. The molecule has 0 aliphatic rings. The first kappa shape index (κ1) is 17.5. The summed E-state index contributed by atoms with van der Waals surface area (Å²) >= 11 is 0. The quantitative estimate of drug-likeness (QED) is 0.477. The molecule has 25 heavy (non-hydrogen) atoms. The largest absolute Gasteiger partial charge is 0.207 e. The van der Waals surface area contributed by atoms with Crippen molar-refractivity contribution in [3.05, 3.63) is 89.5 Å². The molecule has 0 saturated carbocycles. The Balaban J connectivity index is 2.27. The summed E-state index contributed by atoms with van der Waals surface area (Å²) in [5, 5.41) is -0.479. The summed E-state index contributed by atoms with van der Waals surface area (Å²) in [5.74, 6) is -5.56. The van der Waals surface area contributed by atoms with Gasteiger partial charge in [0.05, 0.1) is 0 Å². The zero-order chi connectivity index (χ0) is 18.1. The maximum Gasteiger partial charge on any atom is 0.134 e. The Hall–Kier alpha value is -2.33. The third kappa shape index (κ3) is 3.54. The van der Waals surface area contributed by atoms with Gasteiger partial charge in [0.15, 0.2) is 0 Å². The van der Waals surface area contributed by atoms with Crippen LogP contribution in [0.5, 0.6) is 0 Å². The SMILES string of the molecule is Fc1ccc(P(c2ccc(F)cc2F)c2ccc(F)cc2F)c(F)c1. The molecule has 0 aromatic heterocycles. The van der Waals surface area contributed by atoms with Crippen molar-refractivity contribution >= 4 is 23.8 Å². The number of hydrogen-bond acceptors (Lipinski definition) is 0. The lowest BCUT2D eigenvalue weighted by Crippen LogP contribution is -2.27. The minimum atomic E-state index is -2.17. The number of rotatable bonds is 3. The second kappa shape index (κ2) is 6.89. The molecule has 0 unspecified atom stereocenters. The molecular weight excluding hydrogens is 361 g/mol. The first-order valence-corrected chi connectivity index (χ1v) is 8.36. The molecule has 0 spiro atoms. The third-order valence-corrected chi connectivity index (χ3v) is 5.99. The zero-order valence-electron chi connectivity index (χ0n) is 12.4. The van der Waals surface area contributed by atoms with Gasteiger partial charge in [0, 0.05) is 34.1 Å². The second-order valence-electron chi connectivity index (χ2n) is 5.12. The maximum absolute atomic E-state index is 14.3. The topological polar surface area (TPSA) is 0 Å². The fourth-order valence-electron chi connectivity index (χ4n) is 2.38. The standard InChI is InChI=1S/C18H9F6P/c19-10-1-4-16(13(22)7-10)25(17-5-2-11(20)8-14(17)23)18-6-3-12(21)9-15(18)24/h1-9H. The first-order valence-electron chi connectivity index (χ1n) is 7.02. The fraction of sp³-hybridized carbons (Fsp3) is 0. The predicted octanol–water partition coefficient (Wildman–Crippen LogP) is 4.28. The summed E-state index contributed by atoms with van der Waals surface area (Å²) in [6.07, 6.45) is 0. The Kier molecular flexibility index (Phi) is 4.82. The van der Waals surface area contributed by atoms with Crippen molar-refractivity contribution < 1.29 is 26.3 Å². The van der Waals surface area contributed by atoms with Crippen LogP contribution in [0.25, 0.3) is 0 Å². The molecule has 7 heteroatoms. The molecule has 3 rings (SSSR count). The minimum absolute atomic E-state index is 0.160. The average molecular weight is 370 g/mol. The van der Waals surface area contributed by atoms with E-state index in [1.54, 1.807) is 0 Å². The van der Waals surface area contributed by atoms with Gasteiger partial charge in [-0.05, 0) is 44.3 Å².